The maximum absolute atomic E-state index is 12.8. The molecular formula is C15H25BrF3NO. The first-order valence-corrected chi connectivity index (χ1v) is 8.69. The largest absolute Gasteiger partial charge is 0.391 e. The summed E-state index contributed by atoms with van der Waals surface area (Å²) < 4.78 is 38.3. The lowest BCUT2D eigenvalue weighted by Gasteiger charge is -2.30. The van der Waals surface area contributed by atoms with E-state index in [9.17, 15) is 18.0 Å². The van der Waals surface area contributed by atoms with E-state index < -0.39 is 18.0 Å². The number of carbonyl (C=O) groups excluding carboxylic acids is 1. The van der Waals surface area contributed by atoms with Crippen LogP contribution in [-0.4, -0.2) is 23.5 Å². The zero-order valence-corrected chi connectivity index (χ0v) is 14.3. The van der Waals surface area contributed by atoms with Crippen LogP contribution in [0.5, 0.6) is 0 Å². The number of nitrogens with one attached hydrogen (secondary N) is 1. The van der Waals surface area contributed by atoms with Crippen LogP contribution in [0.25, 0.3) is 0 Å². The molecule has 3 atom stereocenters. The Morgan fingerprint density at radius 2 is 1.90 bits per heavy atom. The van der Waals surface area contributed by atoms with Gasteiger partial charge < -0.3 is 5.32 Å². The van der Waals surface area contributed by atoms with Gasteiger partial charge in [-0.15, -0.1) is 0 Å². The van der Waals surface area contributed by atoms with Crippen LogP contribution in [-0.2, 0) is 4.79 Å². The third-order valence-electron chi connectivity index (χ3n) is 4.54. The van der Waals surface area contributed by atoms with E-state index >= 15 is 0 Å². The van der Waals surface area contributed by atoms with E-state index in [-0.39, 0.29) is 23.6 Å². The van der Waals surface area contributed by atoms with Crippen molar-refractivity contribution in [2.24, 2.45) is 17.8 Å². The van der Waals surface area contributed by atoms with Crippen LogP contribution in [0.4, 0.5) is 13.2 Å². The summed E-state index contributed by atoms with van der Waals surface area (Å²) in [5, 5.41) is 2.82. The van der Waals surface area contributed by atoms with Crippen LogP contribution in [0, 0.1) is 17.8 Å². The normalized spacial score (nSPS) is 24.9. The molecule has 124 valence electrons. The highest BCUT2D eigenvalue weighted by molar-refractivity contribution is 9.09. The summed E-state index contributed by atoms with van der Waals surface area (Å²) >= 11 is 3.57. The third-order valence-corrected chi connectivity index (χ3v) is 5.61. The van der Waals surface area contributed by atoms with E-state index in [1.165, 1.54) is 0 Å². The summed E-state index contributed by atoms with van der Waals surface area (Å²) in [6.45, 7) is 4.68. The summed E-state index contributed by atoms with van der Waals surface area (Å²) in [7, 11) is 0. The first kappa shape index (κ1) is 18.8. The summed E-state index contributed by atoms with van der Waals surface area (Å²) in [5.41, 5.74) is 0. The van der Waals surface area contributed by atoms with Gasteiger partial charge in [-0.3, -0.25) is 4.79 Å². The second-order valence-electron chi connectivity index (χ2n) is 5.94. The van der Waals surface area contributed by atoms with Gasteiger partial charge in [-0.1, -0.05) is 49.0 Å². The van der Waals surface area contributed by atoms with Gasteiger partial charge in [-0.25, -0.2) is 0 Å². The Morgan fingerprint density at radius 3 is 2.43 bits per heavy atom. The Kier molecular flexibility index (Phi) is 7.51. The number of alkyl halides is 4. The lowest BCUT2D eigenvalue weighted by Crippen LogP contribution is -2.40. The monoisotopic (exact) mass is 371 g/mol. The highest BCUT2D eigenvalue weighted by Crippen LogP contribution is 2.39. The average molecular weight is 372 g/mol. The standard InChI is InChI=1S/C15H25BrF3NO/c1-3-10(4-2)13(16)9-20-14(21)11-6-5-7-12(8-11)15(17,18)19/h10-13H,3-9H2,1-2H3,(H,20,21). The summed E-state index contributed by atoms with van der Waals surface area (Å²) in [6, 6.07) is 0. The molecule has 1 rings (SSSR count). The van der Waals surface area contributed by atoms with Crippen LogP contribution in [0.15, 0.2) is 0 Å². The molecule has 0 aromatic rings. The van der Waals surface area contributed by atoms with E-state index in [1.807, 2.05) is 0 Å². The van der Waals surface area contributed by atoms with Gasteiger partial charge in [0.15, 0.2) is 0 Å². The van der Waals surface area contributed by atoms with Crippen molar-refractivity contribution >= 4 is 21.8 Å². The van der Waals surface area contributed by atoms with Gasteiger partial charge in [-0.05, 0) is 25.2 Å². The maximum Gasteiger partial charge on any atom is 0.391 e. The Morgan fingerprint density at radius 1 is 1.29 bits per heavy atom. The van der Waals surface area contributed by atoms with Crippen molar-refractivity contribution in [1.29, 1.82) is 0 Å². The summed E-state index contributed by atoms with van der Waals surface area (Å²) in [4.78, 5) is 12.3. The van der Waals surface area contributed by atoms with Gasteiger partial charge in [0.1, 0.15) is 0 Å². The quantitative estimate of drug-likeness (QED) is 0.675. The van der Waals surface area contributed by atoms with E-state index in [0.717, 1.165) is 12.8 Å². The molecule has 1 saturated carbocycles. The smallest absolute Gasteiger partial charge is 0.355 e. The molecule has 1 aliphatic rings. The van der Waals surface area contributed by atoms with Crippen molar-refractivity contribution in [2.75, 3.05) is 6.54 Å². The highest BCUT2D eigenvalue weighted by atomic mass is 79.9. The molecule has 3 unspecified atom stereocenters. The van der Waals surface area contributed by atoms with E-state index in [0.29, 0.717) is 25.3 Å². The van der Waals surface area contributed by atoms with Crippen LogP contribution in [0.1, 0.15) is 52.4 Å². The van der Waals surface area contributed by atoms with Gasteiger partial charge in [0.05, 0.1) is 5.92 Å². The van der Waals surface area contributed by atoms with Crippen molar-refractivity contribution in [3.05, 3.63) is 0 Å². The molecule has 1 aliphatic carbocycles. The van der Waals surface area contributed by atoms with Crippen LogP contribution in [0.2, 0.25) is 0 Å². The first-order chi connectivity index (χ1) is 9.79. The van der Waals surface area contributed by atoms with Crippen LogP contribution < -0.4 is 5.32 Å². The minimum Gasteiger partial charge on any atom is -0.355 e. The SMILES string of the molecule is CCC(CC)C(Br)CNC(=O)C1CCCC(C(F)(F)F)C1. The molecule has 0 aromatic heterocycles. The second kappa shape index (κ2) is 8.39. The van der Waals surface area contributed by atoms with E-state index in [2.05, 4.69) is 35.1 Å². The Labute approximate surface area is 133 Å². The number of hydrogen-bond acceptors (Lipinski definition) is 1. The fraction of sp³-hybridized carbons (Fsp3) is 0.933. The molecule has 1 amide bonds. The van der Waals surface area contributed by atoms with Gasteiger partial charge >= 0.3 is 6.18 Å². The average Bonchev–Trinajstić information content (AvgIpc) is 2.45. The highest BCUT2D eigenvalue weighted by Gasteiger charge is 2.43. The number of hydrogen-bond donors (Lipinski definition) is 1. The molecule has 6 heteroatoms. The lowest BCUT2D eigenvalue weighted by atomic mass is 9.80. The molecule has 0 saturated heterocycles. The van der Waals surface area contributed by atoms with Gasteiger partial charge in [0, 0.05) is 17.3 Å². The fourth-order valence-electron chi connectivity index (χ4n) is 3.03. The number of carbonyl (C=O) groups is 1. The predicted molar refractivity (Wildman–Crippen MR) is 81.3 cm³/mol. The van der Waals surface area contributed by atoms with E-state index in [1.54, 1.807) is 0 Å². The number of rotatable bonds is 6. The first-order valence-electron chi connectivity index (χ1n) is 7.78. The summed E-state index contributed by atoms with van der Waals surface area (Å²) in [6.07, 6.45) is -1.01. The van der Waals surface area contributed by atoms with Crippen molar-refractivity contribution in [3.8, 4) is 0 Å². The molecule has 0 aromatic carbocycles. The predicted octanol–water partition coefficient (Wildman–Crippen LogP) is 4.67. The molecule has 0 heterocycles. The molecule has 0 aliphatic heterocycles. The van der Waals surface area contributed by atoms with Crippen molar-refractivity contribution < 1.29 is 18.0 Å². The Hall–Kier alpha value is -0.260. The zero-order valence-electron chi connectivity index (χ0n) is 12.7. The van der Waals surface area contributed by atoms with Gasteiger partial charge in [-0.2, -0.15) is 13.2 Å². The van der Waals surface area contributed by atoms with Crippen molar-refractivity contribution in [2.45, 2.75) is 63.4 Å². The molecule has 1 fully saturated rings. The number of halogens is 4. The second-order valence-corrected chi connectivity index (χ2v) is 7.12. The Balaban J connectivity index is 2.45. The zero-order chi connectivity index (χ0) is 16.0. The lowest BCUT2D eigenvalue weighted by molar-refractivity contribution is -0.186. The minimum atomic E-state index is -4.17. The molecule has 2 nitrogen and oxygen atoms in total. The Bertz CT molecular complexity index is 331. The maximum atomic E-state index is 12.8. The third kappa shape index (κ3) is 5.80. The van der Waals surface area contributed by atoms with Crippen molar-refractivity contribution in [3.63, 3.8) is 0 Å². The minimum absolute atomic E-state index is 0.0622. The topological polar surface area (TPSA) is 29.1 Å². The van der Waals surface area contributed by atoms with E-state index in [4.69, 9.17) is 0 Å². The molecule has 0 bridgehead atoms. The molecule has 1 N–H and O–H groups in total. The molecule has 0 spiro atoms. The molecule has 21 heavy (non-hydrogen) atoms. The molecule has 0 radical (unpaired) electrons. The van der Waals surface area contributed by atoms with Crippen LogP contribution >= 0.6 is 15.9 Å². The van der Waals surface area contributed by atoms with Crippen LogP contribution in [0.3, 0.4) is 0 Å². The van der Waals surface area contributed by atoms with Crippen molar-refractivity contribution in [1.82, 2.24) is 5.32 Å². The molecular weight excluding hydrogens is 347 g/mol. The fourth-order valence-corrected chi connectivity index (χ4v) is 3.94. The number of amides is 1. The van der Waals surface area contributed by atoms with Gasteiger partial charge in [0.2, 0.25) is 5.91 Å². The van der Waals surface area contributed by atoms with Gasteiger partial charge in [0.25, 0.3) is 0 Å². The summed E-state index contributed by atoms with van der Waals surface area (Å²) in [5.74, 6) is -1.56.